The summed E-state index contributed by atoms with van der Waals surface area (Å²) in [5, 5.41) is 0. The molecule has 0 aromatic carbocycles. The number of carbonyl (C=O) groups excluding carboxylic acids is 1. The van der Waals surface area contributed by atoms with Crippen molar-refractivity contribution in [1.82, 2.24) is 0 Å². The molecule has 114 valence electrons. The SMILES string of the molecule is CCC(C)C(N)C(=O)OCCOCCOCCOC. The van der Waals surface area contributed by atoms with Crippen molar-refractivity contribution in [2.75, 3.05) is 46.8 Å². The Morgan fingerprint density at radius 2 is 1.58 bits per heavy atom. The van der Waals surface area contributed by atoms with Gasteiger partial charge < -0.3 is 24.7 Å². The molecule has 19 heavy (non-hydrogen) atoms. The van der Waals surface area contributed by atoms with Crippen LogP contribution in [0.25, 0.3) is 0 Å². The summed E-state index contributed by atoms with van der Waals surface area (Å²) in [4.78, 5) is 11.5. The zero-order valence-electron chi connectivity index (χ0n) is 12.2. The van der Waals surface area contributed by atoms with Crippen molar-refractivity contribution in [2.24, 2.45) is 11.7 Å². The third kappa shape index (κ3) is 9.84. The van der Waals surface area contributed by atoms with Crippen LogP contribution in [0.4, 0.5) is 0 Å². The number of hydrogen-bond donors (Lipinski definition) is 1. The van der Waals surface area contributed by atoms with Crippen LogP contribution in [-0.2, 0) is 23.7 Å². The minimum Gasteiger partial charge on any atom is -0.462 e. The molecule has 0 aromatic rings. The molecule has 0 spiro atoms. The van der Waals surface area contributed by atoms with Gasteiger partial charge in [0.1, 0.15) is 12.6 Å². The second-order valence-electron chi connectivity index (χ2n) is 4.30. The Kier molecular flexibility index (Phi) is 11.9. The maximum atomic E-state index is 11.5. The van der Waals surface area contributed by atoms with Gasteiger partial charge >= 0.3 is 5.97 Å². The van der Waals surface area contributed by atoms with Crippen LogP contribution in [0.15, 0.2) is 0 Å². The average Bonchev–Trinajstić information content (AvgIpc) is 2.43. The summed E-state index contributed by atoms with van der Waals surface area (Å²) in [5.41, 5.74) is 5.73. The van der Waals surface area contributed by atoms with Crippen LogP contribution < -0.4 is 5.73 Å². The maximum Gasteiger partial charge on any atom is 0.323 e. The largest absolute Gasteiger partial charge is 0.462 e. The molecule has 0 bridgehead atoms. The van der Waals surface area contributed by atoms with Gasteiger partial charge in [-0.2, -0.15) is 0 Å². The Bertz CT molecular complexity index is 225. The molecule has 6 nitrogen and oxygen atoms in total. The van der Waals surface area contributed by atoms with Gasteiger partial charge in [0, 0.05) is 7.11 Å². The molecular formula is C13H27NO5. The van der Waals surface area contributed by atoms with Crippen LogP contribution in [-0.4, -0.2) is 58.8 Å². The van der Waals surface area contributed by atoms with E-state index < -0.39 is 6.04 Å². The Morgan fingerprint density at radius 1 is 1.05 bits per heavy atom. The summed E-state index contributed by atoms with van der Waals surface area (Å²) < 4.78 is 20.3. The molecule has 2 atom stereocenters. The predicted octanol–water partition coefficient (Wildman–Crippen LogP) is 0.583. The van der Waals surface area contributed by atoms with Gasteiger partial charge in [0.05, 0.1) is 33.0 Å². The van der Waals surface area contributed by atoms with Crippen molar-refractivity contribution in [3.8, 4) is 0 Å². The third-order valence-electron chi connectivity index (χ3n) is 2.80. The van der Waals surface area contributed by atoms with Crippen molar-refractivity contribution in [3.63, 3.8) is 0 Å². The summed E-state index contributed by atoms with van der Waals surface area (Å²) in [7, 11) is 1.62. The van der Waals surface area contributed by atoms with E-state index in [1.54, 1.807) is 7.11 Å². The second-order valence-corrected chi connectivity index (χ2v) is 4.30. The van der Waals surface area contributed by atoms with Crippen LogP contribution in [0.1, 0.15) is 20.3 Å². The lowest BCUT2D eigenvalue weighted by Gasteiger charge is -2.16. The molecule has 0 aliphatic heterocycles. The van der Waals surface area contributed by atoms with Crippen molar-refractivity contribution in [2.45, 2.75) is 26.3 Å². The minimum absolute atomic E-state index is 0.127. The number of rotatable bonds is 12. The first-order chi connectivity index (χ1) is 9.13. The van der Waals surface area contributed by atoms with Gasteiger partial charge in [0.25, 0.3) is 0 Å². The van der Waals surface area contributed by atoms with Crippen molar-refractivity contribution in [1.29, 1.82) is 0 Å². The molecule has 0 aromatic heterocycles. The molecule has 2 unspecified atom stereocenters. The summed E-state index contributed by atoms with van der Waals surface area (Å²) >= 11 is 0. The Balaban J connectivity index is 3.36. The van der Waals surface area contributed by atoms with Gasteiger partial charge in [-0.25, -0.2) is 0 Å². The highest BCUT2D eigenvalue weighted by atomic mass is 16.6. The zero-order chi connectivity index (χ0) is 14.5. The fourth-order valence-corrected chi connectivity index (χ4v) is 1.25. The number of hydrogen-bond acceptors (Lipinski definition) is 6. The molecule has 0 rings (SSSR count). The number of ether oxygens (including phenoxy) is 4. The second kappa shape index (κ2) is 12.3. The predicted molar refractivity (Wildman–Crippen MR) is 71.9 cm³/mol. The lowest BCUT2D eigenvalue weighted by molar-refractivity contribution is -0.148. The van der Waals surface area contributed by atoms with Crippen LogP contribution in [0, 0.1) is 5.92 Å². The fraction of sp³-hybridized carbons (Fsp3) is 0.923. The van der Waals surface area contributed by atoms with Crippen LogP contribution in [0.2, 0.25) is 0 Å². The van der Waals surface area contributed by atoms with Gasteiger partial charge in [0.2, 0.25) is 0 Å². The number of carbonyl (C=O) groups is 1. The molecule has 0 aliphatic carbocycles. The Labute approximate surface area is 115 Å². The van der Waals surface area contributed by atoms with Crippen molar-refractivity contribution < 1.29 is 23.7 Å². The first-order valence-electron chi connectivity index (χ1n) is 6.70. The normalized spacial score (nSPS) is 14.1. The Morgan fingerprint density at radius 3 is 2.11 bits per heavy atom. The third-order valence-corrected chi connectivity index (χ3v) is 2.80. The van der Waals surface area contributed by atoms with Gasteiger partial charge in [-0.3, -0.25) is 4.79 Å². The average molecular weight is 277 g/mol. The van der Waals surface area contributed by atoms with Crippen LogP contribution in [0.3, 0.4) is 0 Å². The fourth-order valence-electron chi connectivity index (χ4n) is 1.25. The molecule has 2 N–H and O–H groups in total. The smallest absolute Gasteiger partial charge is 0.323 e. The van der Waals surface area contributed by atoms with E-state index in [0.29, 0.717) is 33.0 Å². The minimum atomic E-state index is -0.553. The lowest BCUT2D eigenvalue weighted by Crippen LogP contribution is -2.38. The summed E-state index contributed by atoms with van der Waals surface area (Å²) in [6.07, 6.45) is 0.853. The lowest BCUT2D eigenvalue weighted by atomic mass is 10.0. The van der Waals surface area contributed by atoms with E-state index in [-0.39, 0.29) is 18.5 Å². The molecular weight excluding hydrogens is 250 g/mol. The first-order valence-corrected chi connectivity index (χ1v) is 6.70. The Hall–Kier alpha value is -0.690. The topological polar surface area (TPSA) is 80.0 Å². The van der Waals surface area contributed by atoms with E-state index in [2.05, 4.69) is 0 Å². The highest BCUT2D eigenvalue weighted by Gasteiger charge is 2.20. The van der Waals surface area contributed by atoms with Gasteiger partial charge in [-0.1, -0.05) is 20.3 Å². The quantitative estimate of drug-likeness (QED) is 0.415. The van der Waals surface area contributed by atoms with Crippen molar-refractivity contribution >= 4 is 5.97 Å². The number of nitrogens with two attached hydrogens (primary N) is 1. The molecule has 0 amide bonds. The molecule has 0 saturated carbocycles. The van der Waals surface area contributed by atoms with Gasteiger partial charge in [0.15, 0.2) is 0 Å². The van der Waals surface area contributed by atoms with Crippen LogP contribution >= 0.6 is 0 Å². The number of esters is 1. The molecule has 0 radical (unpaired) electrons. The number of methoxy groups -OCH3 is 1. The first kappa shape index (κ1) is 18.3. The van der Waals surface area contributed by atoms with E-state index in [0.717, 1.165) is 6.42 Å². The summed E-state index contributed by atoms with van der Waals surface area (Å²) in [6.45, 7) is 6.60. The van der Waals surface area contributed by atoms with Gasteiger partial charge in [-0.15, -0.1) is 0 Å². The van der Waals surface area contributed by atoms with E-state index in [1.807, 2.05) is 13.8 Å². The summed E-state index contributed by atoms with van der Waals surface area (Å²) in [5.74, 6) is -0.239. The molecule has 0 saturated heterocycles. The highest BCUT2D eigenvalue weighted by molar-refractivity contribution is 5.75. The molecule has 0 aliphatic rings. The van der Waals surface area contributed by atoms with E-state index in [4.69, 9.17) is 24.7 Å². The highest BCUT2D eigenvalue weighted by Crippen LogP contribution is 2.06. The standard InChI is InChI=1S/C13H27NO5/c1-4-11(2)12(14)13(15)19-10-9-18-8-7-17-6-5-16-3/h11-12H,4-10,14H2,1-3H3. The van der Waals surface area contributed by atoms with Crippen LogP contribution in [0.5, 0.6) is 0 Å². The van der Waals surface area contributed by atoms with E-state index >= 15 is 0 Å². The molecule has 0 fully saturated rings. The maximum absolute atomic E-state index is 11.5. The van der Waals surface area contributed by atoms with Gasteiger partial charge in [-0.05, 0) is 5.92 Å². The molecule has 0 heterocycles. The monoisotopic (exact) mass is 277 g/mol. The van der Waals surface area contributed by atoms with Crippen molar-refractivity contribution in [3.05, 3.63) is 0 Å². The van der Waals surface area contributed by atoms with E-state index in [1.165, 1.54) is 0 Å². The van der Waals surface area contributed by atoms with E-state index in [9.17, 15) is 4.79 Å². The molecule has 6 heteroatoms. The summed E-state index contributed by atoms with van der Waals surface area (Å²) in [6, 6.07) is -0.553. The zero-order valence-corrected chi connectivity index (χ0v) is 12.2.